The van der Waals surface area contributed by atoms with Gasteiger partial charge in [-0.15, -0.1) is 23.1 Å². The van der Waals surface area contributed by atoms with Gasteiger partial charge in [0.05, 0.1) is 31.1 Å². The topological polar surface area (TPSA) is 143 Å². The monoisotopic (exact) mass is 740 g/mol. The third-order valence-corrected chi connectivity index (χ3v) is 10.7. The van der Waals surface area contributed by atoms with E-state index in [4.69, 9.17) is 9.47 Å². The van der Waals surface area contributed by atoms with Gasteiger partial charge in [0, 0.05) is 40.1 Å². The number of thioether (sulfide) groups is 1. The molecule has 13 heteroatoms. The van der Waals surface area contributed by atoms with Crippen LogP contribution in [0.1, 0.15) is 63.9 Å². The minimum absolute atomic E-state index is 0.00435. The molecule has 0 spiro atoms. The summed E-state index contributed by atoms with van der Waals surface area (Å²) in [6.45, 7) is 6.17. The Hall–Kier alpha value is -5.40. The summed E-state index contributed by atoms with van der Waals surface area (Å²) in [5.41, 5.74) is 2.59. The third kappa shape index (κ3) is 9.28. The van der Waals surface area contributed by atoms with Gasteiger partial charge in [0.25, 0.3) is 11.8 Å². The van der Waals surface area contributed by atoms with E-state index in [0.29, 0.717) is 59.1 Å². The molecule has 0 fully saturated rings. The van der Waals surface area contributed by atoms with Crippen molar-refractivity contribution in [3.8, 4) is 5.75 Å². The number of ether oxygens (including phenoxy) is 2. The number of anilines is 2. The van der Waals surface area contributed by atoms with Crippen LogP contribution >= 0.6 is 23.1 Å². The molecule has 3 aromatic carbocycles. The van der Waals surface area contributed by atoms with Crippen molar-refractivity contribution in [2.75, 3.05) is 30.9 Å². The Morgan fingerprint density at radius 2 is 1.71 bits per heavy atom. The highest BCUT2D eigenvalue weighted by atomic mass is 32.2. The van der Waals surface area contributed by atoms with E-state index in [9.17, 15) is 24.0 Å². The fraction of sp³-hybridized carbons (Fsp3) is 0.256. The quantitative estimate of drug-likeness (QED) is 0.0776. The van der Waals surface area contributed by atoms with Gasteiger partial charge in [0.2, 0.25) is 11.8 Å². The maximum atomic E-state index is 13.7. The highest BCUT2D eigenvalue weighted by Gasteiger charge is 2.31. The summed E-state index contributed by atoms with van der Waals surface area (Å²) in [4.78, 5) is 68.9. The van der Waals surface area contributed by atoms with Crippen LogP contribution in [0.3, 0.4) is 0 Å². The SMILES string of the molecule is CCOC(=O)c1c(NC(=O)C(CC)Sc2cccc(NC(=O)/C(=C\c3ccccc3OC)NC(=O)c3ccccc3)c2)sc2c1CCN(C(C)=O)C2. The number of nitrogens with one attached hydrogen (secondary N) is 3. The number of fused-ring (bicyclic) bond motifs is 1. The number of esters is 1. The average molecular weight is 741 g/mol. The summed E-state index contributed by atoms with van der Waals surface area (Å²) in [7, 11) is 1.53. The summed E-state index contributed by atoms with van der Waals surface area (Å²) < 4.78 is 10.8. The Kier molecular flexibility index (Phi) is 12.9. The third-order valence-electron chi connectivity index (χ3n) is 8.22. The van der Waals surface area contributed by atoms with Crippen molar-refractivity contribution in [2.45, 2.75) is 50.3 Å². The molecule has 4 aromatic rings. The normalized spacial score (nSPS) is 13.0. The number of para-hydroxylation sites is 1. The molecule has 0 bridgehead atoms. The van der Waals surface area contributed by atoms with Gasteiger partial charge >= 0.3 is 5.97 Å². The number of hydrogen-bond acceptors (Lipinski definition) is 9. The van der Waals surface area contributed by atoms with E-state index in [2.05, 4.69) is 16.0 Å². The van der Waals surface area contributed by atoms with E-state index in [1.165, 1.54) is 37.1 Å². The van der Waals surface area contributed by atoms with Crippen LogP contribution in [-0.2, 0) is 32.1 Å². The van der Waals surface area contributed by atoms with E-state index in [1.54, 1.807) is 84.6 Å². The van der Waals surface area contributed by atoms with Crippen LogP contribution in [-0.4, -0.2) is 60.0 Å². The smallest absolute Gasteiger partial charge is 0.341 e. The number of amides is 4. The van der Waals surface area contributed by atoms with Gasteiger partial charge in [-0.05, 0) is 67.8 Å². The lowest BCUT2D eigenvalue weighted by atomic mass is 10.0. The first-order valence-corrected chi connectivity index (χ1v) is 18.5. The molecule has 3 N–H and O–H groups in total. The largest absolute Gasteiger partial charge is 0.496 e. The fourth-order valence-electron chi connectivity index (χ4n) is 5.59. The van der Waals surface area contributed by atoms with Crippen molar-refractivity contribution >= 4 is 69.5 Å². The first-order valence-electron chi connectivity index (χ1n) is 16.8. The second-order valence-electron chi connectivity index (χ2n) is 11.7. The van der Waals surface area contributed by atoms with Crippen LogP contribution in [0.5, 0.6) is 5.75 Å². The molecule has 0 radical (unpaired) electrons. The zero-order valence-electron chi connectivity index (χ0n) is 29.3. The van der Waals surface area contributed by atoms with Gasteiger partial charge in [-0.25, -0.2) is 4.79 Å². The second kappa shape index (κ2) is 17.7. The molecule has 270 valence electrons. The van der Waals surface area contributed by atoms with Crippen LogP contribution < -0.4 is 20.7 Å². The summed E-state index contributed by atoms with van der Waals surface area (Å²) in [5, 5.41) is 8.45. The number of methoxy groups -OCH3 is 1. The molecule has 1 atom stereocenters. The van der Waals surface area contributed by atoms with Crippen LogP contribution in [0, 0.1) is 0 Å². The summed E-state index contributed by atoms with van der Waals surface area (Å²) in [6, 6.07) is 22.8. The lowest BCUT2D eigenvalue weighted by Gasteiger charge is -2.25. The zero-order valence-corrected chi connectivity index (χ0v) is 31.0. The highest BCUT2D eigenvalue weighted by molar-refractivity contribution is 8.00. The van der Waals surface area contributed by atoms with E-state index in [1.807, 2.05) is 19.1 Å². The molecule has 5 rings (SSSR count). The van der Waals surface area contributed by atoms with Gasteiger partial charge in [-0.3, -0.25) is 19.2 Å². The second-order valence-corrected chi connectivity index (χ2v) is 14.1. The maximum Gasteiger partial charge on any atom is 0.341 e. The van der Waals surface area contributed by atoms with Crippen molar-refractivity contribution in [1.29, 1.82) is 0 Å². The molecule has 52 heavy (non-hydrogen) atoms. The predicted molar refractivity (Wildman–Crippen MR) is 204 cm³/mol. The van der Waals surface area contributed by atoms with E-state index < -0.39 is 23.0 Å². The number of carbonyl (C=O) groups excluding carboxylic acids is 5. The molecule has 0 saturated heterocycles. The number of hydrogen-bond donors (Lipinski definition) is 3. The molecule has 1 unspecified atom stereocenters. The molecule has 1 aromatic heterocycles. The fourth-order valence-corrected chi connectivity index (χ4v) is 7.86. The number of carbonyl (C=O) groups is 5. The molecule has 11 nitrogen and oxygen atoms in total. The summed E-state index contributed by atoms with van der Waals surface area (Å²) >= 11 is 2.61. The molecular formula is C39H40N4O7S2. The molecule has 4 amide bonds. The molecule has 2 heterocycles. The lowest BCUT2D eigenvalue weighted by molar-refractivity contribution is -0.129. The van der Waals surface area contributed by atoms with Crippen molar-refractivity contribution < 1.29 is 33.4 Å². The van der Waals surface area contributed by atoms with Crippen LogP contribution in [0.15, 0.2) is 89.5 Å². The van der Waals surface area contributed by atoms with Crippen LogP contribution in [0.25, 0.3) is 6.08 Å². The Morgan fingerprint density at radius 3 is 2.42 bits per heavy atom. The summed E-state index contributed by atoms with van der Waals surface area (Å²) in [6.07, 6.45) is 2.52. The molecular weight excluding hydrogens is 701 g/mol. The Balaban J connectivity index is 1.34. The van der Waals surface area contributed by atoms with Crippen LogP contribution in [0.2, 0.25) is 0 Å². The minimum atomic E-state index is -0.557. The first kappa shape index (κ1) is 37.8. The molecule has 1 aliphatic heterocycles. The molecule has 1 aliphatic rings. The first-order chi connectivity index (χ1) is 25.1. The van der Waals surface area contributed by atoms with Crippen molar-refractivity contribution in [3.05, 3.63) is 112 Å². The maximum absolute atomic E-state index is 13.7. The Labute approximate surface area is 310 Å². The van der Waals surface area contributed by atoms with Crippen molar-refractivity contribution in [3.63, 3.8) is 0 Å². The number of nitrogens with zero attached hydrogens (tertiary/aromatic N) is 1. The standard InChI is InChI=1S/C39H40N4O7S2/c1-5-32(37(47)42-38-34(39(48)50-6-2)29-19-20-43(24(3)44)23-33(29)52-38)51-28-17-12-16-27(22-28)40-36(46)30(21-26-15-10-11-18-31(26)49-4)41-35(45)25-13-8-7-9-14-25/h7-18,21-22,32H,5-6,19-20,23H2,1-4H3,(H,40,46)(H,41,45)(H,42,47)/b30-21+. The minimum Gasteiger partial charge on any atom is -0.496 e. The Morgan fingerprint density at radius 1 is 0.962 bits per heavy atom. The number of benzene rings is 3. The lowest BCUT2D eigenvalue weighted by Crippen LogP contribution is -2.34. The summed E-state index contributed by atoms with van der Waals surface area (Å²) in [5.74, 6) is -1.33. The van der Waals surface area contributed by atoms with Gasteiger partial charge in [-0.2, -0.15) is 0 Å². The number of rotatable bonds is 13. The van der Waals surface area contributed by atoms with Crippen molar-refractivity contribution in [2.24, 2.45) is 0 Å². The zero-order chi connectivity index (χ0) is 37.2. The van der Waals surface area contributed by atoms with Gasteiger partial charge in [0.15, 0.2) is 0 Å². The van der Waals surface area contributed by atoms with Gasteiger partial charge in [0.1, 0.15) is 16.4 Å². The highest BCUT2D eigenvalue weighted by Crippen LogP contribution is 2.39. The molecule has 0 aliphatic carbocycles. The van der Waals surface area contributed by atoms with Gasteiger partial charge < -0.3 is 30.3 Å². The Bertz CT molecular complexity index is 1990. The van der Waals surface area contributed by atoms with E-state index in [-0.39, 0.29) is 24.1 Å². The molecule has 0 saturated carbocycles. The van der Waals surface area contributed by atoms with E-state index >= 15 is 0 Å². The predicted octanol–water partition coefficient (Wildman–Crippen LogP) is 6.76. The number of thiophene rings is 1. The average Bonchev–Trinajstić information content (AvgIpc) is 3.51. The van der Waals surface area contributed by atoms with Crippen molar-refractivity contribution in [1.82, 2.24) is 10.2 Å². The van der Waals surface area contributed by atoms with E-state index in [0.717, 1.165) is 15.3 Å². The van der Waals surface area contributed by atoms with Crippen LogP contribution in [0.4, 0.5) is 10.7 Å². The van der Waals surface area contributed by atoms with Gasteiger partial charge in [-0.1, -0.05) is 49.4 Å².